The maximum absolute atomic E-state index is 13.1. The van der Waals surface area contributed by atoms with Crippen LogP contribution in [0.3, 0.4) is 0 Å². The van der Waals surface area contributed by atoms with Gasteiger partial charge in [-0.2, -0.15) is 4.98 Å². The Hall–Kier alpha value is -1.63. The minimum absolute atomic E-state index is 0.0591. The van der Waals surface area contributed by atoms with Gasteiger partial charge in [0.25, 0.3) is 5.89 Å². The van der Waals surface area contributed by atoms with Gasteiger partial charge in [0.2, 0.25) is 0 Å². The second kappa shape index (κ2) is 6.24. The number of ether oxygens (including phenoxy) is 1. The third kappa shape index (κ3) is 2.82. The standard InChI is InChI=1S/C15H24N4O3/c1-10-5-4-6-11(2)19(10)15(20)18-7-8-21-9-13(18)14-16-12(3)17-22-14/h10-11,13H,4-9H2,1-3H3/t10-,11+,13-/m1/s1. The van der Waals surface area contributed by atoms with E-state index < -0.39 is 0 Å². The number of likely N-dealkylation sites (tertiary alicyclic amines) is 1. The van der Waals surface area contributed by atoms with Gasteiger partial charge < -0.3 is 19.1 Å². The lowest BCUT2D eigenvalue weighted by molar-refractivity contribution is -0.0159. The molecule has 1 aromatic rings. The summed E-state index contributed by atoms with van der Waals surface area (Å²) < 4.78 is 10.8. The van der Waals surface area contributed by atoms with Crippen LogP contribution in [0.1, 0.15) is 50.9 Å². The van der Waals surface area contributed by atoms with Gasteiger partial charge in [-0.1, -0.05) is 5.16 Å². The van der Waals surface area contributed by atoms with Gasteiger partial charge >= 0.3 is 6.03 Å². The van der Waals surface area contributed by atoms with Crippen molar-refractivity contribution in [3.63, 3.8) is 0 Å². The monoisotopic (exact) mass is 308 g/mol. The second-order valence-corrected chi connectivity index (χ2v) is 6.28. The van der Waals surface area contributed by atoms with Gasteiger partial charge in [-0.3, -0.25) is 0 Å². The maximum Gasteiger partial charge on any atom is 0.321 e. The number of amides is 2. The molecule has 0 bridgehead atoms. The first-order valence-corrected chi connectivity index (χ1v) is 8.05. The van der Waals surface area contributed by atoms with E-state index in [1.54, 1.807) is 6.92 Å². The fraction of sp³-hybridized carbons (Fsp3) is 0.800. The van der Waals surface area contributed by atoms with Crippen molar-refractivity contribution in [2.75, 3.05) is 19.8 Å². The van der Waals surface area contributed by atoms with E-state index in [9.17, 15) is 4.79 Å². The number of carbonyl (C=O) groups is 1. The SMILES string of the molecule is Cc1noc([C@H]2COCCN2C(=O)N2[C@H](C)CCC[C@@H]2C)n1. The lowest BCUT2D eigenvalue weighted by Crippen LogP contribution is -2.56. The van der Waals surface area contributed by atoms with Crippen molar-refractivity contribution in [2.24, 2.45) is 0 Å². The molecule has 0 aliphatic carbocycles. The fourth-order valence-corrected chi connectivity index (χ4v) is 3.43. The third-order valence-corrected chi connectivity index (χ3v) is 4.62. The molecular formula is C15H24N4O3. The minimum atomic E-state index is -0.288. The Kier molecular flexibility index (Phi) is 4.33. The molecule has 0 aromatic carbocycles. The molecular weight excluding hydrogens is 284 g/mol. The Labute approximate surface area is 130 Å². The van der Waals surface area contributed by atoms with E-state index in [4.69, 9.17) is 9.26 Å². The fourth-order valence-electron chi connectivity index (χ4n) is 3.43. The van der Waals surface area contributed by atoms with E-state index in [-0.39, 0.29) is 24.2 Å². The molecule has 2 saturated heterocycles. The first-order valence-electron chi connectivity index (χ1n) is 8.05. The van der Waals surface area contributed by atoms with Crippen molar-refractivity contribution in [3.8, 4) is 0 Å². The molecule has 0 unspecified atom stereocenters. The van der Waals surface area contributed by atoms with Crippen LogP contribution < -0.4 is 0 Å². The molecule has 0 radical (unpaired) electrons. The second-order valence-electron chi connectivity index (χ2n) is 6.28. The van der Waals surface area contributed by atoms with Gasteiger partial charge in [0.15, 0.2) is 5.82 Å². The quantitative estimate of drug-likeness (QED) is 0.795. The molecule has 2 aliphatic heterocycles. The van der Waals surface area contributed by atoms with Crippen molar-refractivity contribution < 1.29 is 14.1 Å². The maximum atomic E-state index is 13.1. The van der Waals surface area contributed by atoms with E-state index in [2.05, 4.69) is 24.0 Å². The number of hydrogen-bond donors (Lipinski definition) is 0. The molecule has 3 rings (SSSR count). The van der Waals surface area contributed by atoms with Crippen molar-refractivity contribution >= 4 is 6.03 Å². The van der Waals surface area contributed by atoms with E-state index in [1.165, 1.54) is 6.42 Å². The Balaban J connectivity index is 1.82. The summed E-state index contributed by atoms with van der Waals surface area (Å²) in [5, 5.41) is 3.83. The summed E-state index contributed by atoms with van der Waals surface area (Å²) >= 11 is 0. The molecule has 2 aliphatic rings. The molecule has 0 saturated carbocycles. The van der Waals surface area contributed by atoms with Crippen LogP contribution in [0.25, 0.3) is 0 Å². The Bertz CT molecular complexity index is 523. The topological polar surface area (TPSA) is 71.7 Å². The lowest BCUT2D eigenvalue weighted by atomic mass is 9.98. The van der Waals surface area contributed by atoms with Gasteiger partial charge in [-0.25, -0.2) is 4.79 Å². The number of urea groups is 1. The Morgan fingerprint density at radius 1 is 1.27 bits per heavy atom. The average molecular weight is 308 g/mol. The third-order valence-electron chi connectivity index (χ3n) is 4.62. The van der Waals surface area contributed by atoms with Crippen molar-refractivity contribution in [2.45, 2.75) is 58.2 Å². The van der Waals surface area contributed by atoms with Crippen LogP contribution in [0.4, 0.5) is 4.79 Å². The van der Waals surface area contributed by atoms with Crippen molar-refractivity contribution in [1.29, 1.82) is 0 Å². The molecule has 22 heavy (non-hydrogen) atoms. The zero-order valence-corrected chi connectivity index (χ0v) is 13.5. The first-order chi connectivity index (χ1) is 10.6. The average Bonchev–Trinajstić information content (AvgIpc) is 2.93. The zero-order chi connectivity index (χ0) is 15.7. The van der Waals surface area contributed by atoms with Gasteiger partial charge in [0.05, 0.1) is 13.2 Å². The minimum Gasteiger partial charge on any atom is -0.377 e. The predicted molar refractivity (Wildman–Crippen MR) is 79.3 cm³/mol. The van der Waals surface area contributed by atoms with Crippen LogP contribution in [-0.2, 0) is 4.74 Å². The first kappa shape index (κ1) is 15.3. The number of nitrogens with zero attached hydrogens (tertiary/aromatic N) is 4. The highest BCUT2D eigenvalue weighted by atomic mass is 16.5. The summed E-state index contributed by atoms with van der Waals surface area (Å²) in [4.78, 5) is 21.2. The van der Waals surface area contributed by atoms with Crippen LogP contribution in [-0.4, -0.2) is 57.8 Å². The van der Waals surface area contributed by atoms with Gasteiger partial charge in [0, 0.05) is 18.6 Å². The number of hydrogen-bond acceptors (Lipinski definition) is 5. The largest absolute Gasteiger partial charge is 0.377 e. The van der Waals surface area contributed by atoms with Crippen LogP contribution in [0, 0.1) is 6.92 Å². The Morgan fingerprint density at radius 3 is 2.64 bits per heavy atom. The molecule has 0 N–H and O–H groups in total. The summed E-state index contributed by atoms with van der Waals surface area (Å²) in [5.41, 5.74) is 0. The summed E-state index contributed by atoms with van der Waals surface area (Å²) in [7, 11) is 0. The van der Waals surface area contributed by atoms with Crippen molar-refractivity contribution in [3.05, 3.63) is 11.7 Å². The number of piperidine rings is 1. The van der Waals surface area contributed by atoms with Crippen LogP contribution in [0.15, 0.2) is 4.52 Å². The summed E-state index contributed by atoms with van der Waals surface area (Å²) in [6.07, 6.45) is 3.30. The Morgan fingerprint density at radius 2 is 2.00 bits per heavy atom. The molecule has 1 aromatic heterocycles. The van der Waals surface area contributed by atoms with Gasteiger partial charge in [-0.05, 0) is 40.0 Å². The number of carbonyl (C=O) groups excluding carboxylic acids is 1. The van der Waals surface area contributed by atoms with Crippen LogP contribution in [0.2, 0.25) is 0 Å². The van der Waals surface area contributed by atoms with E-state index in [1.807, 2.05) is 9.80 Å². The summed E-state index contributed by atoms with van der Waals surface area (Å²) in [6, 6.07) is 0.306. The van der Waals surface area contributed by atoms with Crippen molar-refractivity contribution in [1.82, 2.24) is 19.9 Å². The molecule has 7 nitrogen and oxygen atoms in total. The highest BCUT2D eigenvalue weighted by Gasteiger charge is 2.38. The summed E-state index contributed by atoms with van der Waals surface area (Å²) in [6.45, 7) is 7.54. The molecule has 3 atom stereocenters. The van der Waals surface area contributed by atoms with Crippen LogP contribution in [0.5, 0.6) is 0 Å². The van der Waals surface area contributed by atoms with Gasteiger partial charge in [-0.15, -0.1) is 0 Å². The zero-order valence-electron chi connectivity index (χ0n) is 13.5. The predicted octanol–water partition coefficient (Wildman–Crippen LogP) is 2.13. The van der Waals surface area contributed by atoms with Crippen LogP contribution >= 0.6 is 0 Å². The highest BCUT2D eigenvalue weighted by molar-refractivity contribution is 5.76. The molecule has 2 amide bonds. The smallest absolute Gasteiger partial charge is 0.321 e. The number of aryl methyl sites for hydroxylation is 1. The molecule has 7 heteroatoms. The van der Waals surface area contributed by atoms with E-state index >= 15 is 0 Å². The molecule has 2 fully saturated rings. The number of rotatable bonds is 1. The van der Waals surface area contributed by atoms with Gasteiger partial charge in [0.1, 0.15) is 6.04 Å². The summed E-state index contributed by atoms with van der Waals surface area (Å²) in [5.74, 6) is 1.04. The molecule has 122 valence electrons. The molecule has 3 heterocycles. The lowest BCUT2D eigenvalue weighted by Gasteiger charge is -2.44. The molecule has 0 spiro atoms. The normalized spacial score (nSPS) is 29.7. The highest BCUT2D eigenvalue weighted by Crippen LogP contribution is 2.29. The van der Waals surface area contributed by atoms with E-state index in [0.29, 0.717) is 31.5 Å². The van der Waals surface area contributed by atoms with E-state index in [0.717, 1.165) is 12.8 Å². The number of aromatic nitrogens is 2. The number of morpholine rings is 1.